The standard InChI is InChI=1S/C26H38ClN3O4/c1-4-5-6-7-8-9-10-11-12-13-23(31)33-18-26(2,3)24(32)25(30-20-28-19-29-30)34-22-16-14-21(27)15-17-22/h14-17,19-20,25H,4-13,18H2,1-3H3. The first-order valence-electron chi connectivity index (χ1n) is 12.3. The van der Waals surface area contributed by atoms with Gasteiger partial charge in [-0.2, -0.15) is 5.10 Å². The first-order chi connectivity index (χ1) is 16.3. The lowest BCUT2D eigenvalue weighted by Crippen LogP contribution is -2.39. The van der Waals surface area contributed by atoms with E-state index in [0.29, 0.717) is 17.2 Å². The van der Waals surface area contributed by atoms with E-state index in [0.717, 1.165) is 19.3 Å². The number of aromatic nitrogens is 3. The van der Waals surface area contributed by atoms with Crippen LogP contribution < -0.4 is 4.74 Å². The molecule has 1 heterocycles. The first-order valence-corrected chi connectivity index (χ1v) is 12.7. The van der Waals surface area contributed by atoms with Crippen molar-refractivity contribution in [2.24, 2.45) is 5.41 Å². The molecule has 188 valence electrons. The summed E-state index contributed by atoms with van der Waals surface area (Å²) in [5.74, 6) is -0.0834. The second kappa shape index (κ2) is 14.8. The van der Waals surface area contributed by atoms with Crippen molar-refractivity contribution in [2.75, 3.05) is 6.61 Å². The number of rotatable bonds is 17. The summed E-state index contributed by atoms with van der Waals surface area (Å²) < 4.78 is 12.7. The third-order valence-electron chi connectivity index (χ3n) is 5.71. The monoisotopic (exact) mass is 491 g/mol. The molecule has 7 nitrogen and oxygen atoms in total. The fourth-order valence-corrected chi connectivity index (χ4v) is 3.65. The summed E-state index contributed by atoms with van der Waals surface area (Å²) in [6.07, 6.45) is 12.7. The van der Waals surface area contributed by atoms with Gasteiger partial charge < -0.3 is 9.47 Å². The minimum Gasteiger partial charge on any atom is -0.465 e. The second-order valence-electron chi connectivity index (χ2n) is 9.29. The molecule has 34 heavy (non-hydrogen) atoms. The number of carbonyl (C=O) groups is 2. The van der Waals surface area contributed by atoms with Crippen LogP contribution in [-0.4, -0.2) is 33.1 Å². The van der Waals surface area contributed by atoms with Crippen LogP contribution in [0.4, 0.5) is 0 Å². The smallest absolute Gasteiger partial charge is 0.305 e. The van der Waals surface area contributed by atoms with Gasteiger partial charge >= 0.3 is 5.97 Å². The van der Waals surface area contributed by atoms with Gasteiger partial charge in [0.2, 0.25) is 5.78 Å². The maximum atomic E-state index is 13.3. The van der Waals surface area contributed by atoms with E-state index in [1.165, 1.54) is 55.9 Å². The van der Waals surface area contributed by atoms with Crippen molar-refractivity contribution in [1.82, 2.24) is 14.8 Å². The molecule has 1 aromatic carbocycles. The van der Waals surface area contributed by atoms with Crippen LogP contribution in [0.1, 0.15) is 91.2 Å². The zero-order valence-electron chi connectivity index (χ0n) is 20.7. The predicted octanol–water partition coefficient (Wildman–Crippen LogP) is 6.57. The van der Waals surface area contributed by atoms with E-state index in [9.17, 15) is 9.59 Å². The van der Waals surface area contributed by atoms with E-state index in [4.69, 9.17) is 21.1 Å². The largest absolute Gasteiger partial charge is 0.465 e. The summed E-state index contributed by atoms with van der Waals surface area (Å²) in [5.41, 5.74) is -0.975. The van der Waals surface area contributed by atoms with Gasteiger partial charge in [-0.05, 0) is 44.5 Å². The molecule has 0 aliphatic heterocycles. The summed E-state index contributed by atoms with van der Waals surface area (Å²) in [6, 6.07) is 6.72. The Kier molecular flexibility index (Phi) is 12.1. The molecule has 0 bridgehead atoms. The number of hydrogen-bond acceptors (Lipinski definition) is 6. The van der Waals surface area contributed by atoms with Crippen LogP contribution in [0.3, 0.4) is 0 Å². The number of halogens is 1. The molecule has 2 rings (SSSR count). The number of ether oxygens (including phenoxy) is 2. The molecular formula is C26H38ClN3O4. The maximum absolute atomic E-state index is 13.3. The van der Waals surface area contributed by atoms with Crippen LogP contribution in [0.5, 0.6) is 5.75 Å². The molecule has 8 heteroatoms. The van der Waals surface area contributed by atoms with Gasteiger partial charge in [0.05, 0.1) is 5.41 Å². The Hall–Kier alpha value is -2.41. The Morgan fingerprint density at radius 3 is 2.21 bits per heavy atom. The van der Waals surface area contributed by atoms with Gasteiger partial charge in [-0.25, -0.2) is 9.67 Å². The Labute approximate surface area is 208 Å². The van der Waals surface area contributed by atoms with Gasteiger partial charge in [-0.3, -0.25) is 9.59 Å². The number of esters is 1. The zero-order valence-corrected chi connectivity index (χ0v) is 21.4. The summed E-state index contributed by atoms with van der Waals surface area (Å²) in [4.78, 5) is 29.5. The highest BCUT2D eigenvalue weighted by atomic mass is 35.5. The van der Waals surface area contributed by atoms with Gasteiger partial charge in [-0.1, -0.05) is 69.9 Å². The Morgan fingerprint density at radius 2 is 1.62 bits per heavy atom. The summed E-state index contributed by atoms with van der Waals surface area (Å²) in [6.45, 7) is 5.66. The van der Waals surface area contributed by atoms with Crippen molar-refractivity contribution in [3.63, 3.8) is 0 Å². The fourth-order valence-electron chi connectivity index (χ4n) is 3.53. The molecule has 0 radical (unpaired) electrons. The highest BCUT2D eigenvalue weighted by Crippen LogP contribution is 2.28. The second-order valence-corrected chi connectivity index (χ2v) is 9.72. The predicted molar refractivity (Wildman–Crippen MR) is 133 cm³/mol. The Morgan fingerprint density at radius 1 is 1.00 bits per heavy atom. The Balaban J connectivity index is 1.79. The highest BCUT2D eigenvalue weighted by molar-refractivity contribution is 6.30. The van der Waals surface area contributed by atoms with Crippen molar-refractivity contribution in [1.29, 1.82) is 0 Å². The quantitative estimate of drug-likeness (QED) is 0.184. The lowest BCUT2D eigenvalue weighted by atomic mass is 9.88. The molecule has 2 aromatic rings. The molecule has 0 aliphatic carbocycles. The molecule has 0 spiro atoms. The normalized spacial score (nSPS) is 12.4. The summed E-state index contributed by atoms with van der Waals surface area (Å²) >= 11 is 5.94. The average molecular weight is 492 g/mol. The maximum Gasteiger partial charge on any atom is 0.305 e. The summed E-state index contributed by atoms with van der Waals surface area (Å²) in [5, 5.41) is 4.64. The Bertz CT molecular complexity index is 853. The van der Waals surface area contributed by atoms with Crippen molar-refractivity contribution in [3.05, 3.63) is 41.9 Å². The van der Waals surface area contributed by atoms with Gasteiger partial charge in [-0.15, -0.1) is 0 Å². The lowest BCUT2D eigenvalue weighted by molar-refractivity contribution is -0.152. The molecule has 1 aromatic heterocycles. The number of Topliss-reactive ketones (excluding diaryl/α,β-unsaturated/α-hetero) is 1. The van der Waals surface area contributed by atoms with Crippen molar-refractivity contribution >= 4 is 23.4 Å². The van der Waals surface area contributed by atoms with Crippen molar-refractivity contribution in [3.8, 4) is 5.75 Å². The van der Waals surface area contributed by atoms with Crippen LogP contribution in [0.2, 0.25) is 5.02 Å². The van der Waals surface area contributed by atoms with E-state index in [1.54, 1.807) is 38.1 Å². The number of benzene rings is 1. The molecular weight excluding hydrogens is 454 g/mol. The first kappa shape index (κ1) is 27.8. The SMILES string of the molecule is CCCCCCCCCCCC(=O)OCC(C)(C)C(=O)C(Oc1ccc(Cl)cc1)n1cncn1. The van der Waals surface area contributed by atoms with Gasteiger partial charge in [0.1, 0.15) is 25.0 Å². The van der Waals surface area contributed by atoms with Crippen molar-refractivity contribution < 1.29 is 19.1 Å². The average Bonchev–Trinajstić information content (AvgIpc) is 3.35. The zero-order chi connectivity index (χ0) is 24.8. The molecule has 1 unspecified atom stereocenters. The molecule has 0 saturated heterocycles. The van der Waals surface area contributed by atoms with Crippen LogP contribution in [-0.2, 0) is 14.3 Å². The highest BCUT2D eigenvalue weighted by Gasteiger charge is 2.38. The summed E-state index contributed by atoms with van der Waals surface area (Å²) in [7, 11) is 0. The number of unbranched alkanes of at least 4 members (excludes halogenated alkanes) is 8. The number of carbonyl (C=O) groups excluding carboxylic acids is 2. The fraction of sp³-hybridized carbons (Fsp3) is 0.615. The molecule has 1 atom stereocenters. The number of hydrogen-bond donors (Lipinski definition) is 0. The number of nitrogens with zero attached hydrogens (tertiary/aromatic N) is 3. The van der Waals surface area contributed by atoms with E-state index >= 15 is 0 Å². The third-order valence-corrected chi connectivity index (χ3v) is 5.96. The minimum atomic E-state index is -1.05. The molecule has 0 fully saturated rings. The van der Waals surface area contributed by atoms with Crippen LogP contribution in [0.25, 0.3) is 0 Å². The molecule has 0 aliphatic rings. The van der Waals surface area contributed by atoms with Crippen LogP contribution in [0, 0.1) is 5.41 Å². The lowest BCUT2D eigenvalue weighted by Gasteiger charge is -2.28. The molecule has 0 amide bonds. The van der Waals surface area contributed by atoms with Crippen LogP contribution >= 0.6 is 11.6 Å². The van der Waals surface area contributed by atoms with Gasteiger partial charge in [0, 0.05) is 11.4 Å². The third kappa shape index (κ3) is 9.84. The molecule has 0 saturated carbocycles. The molecule has 0 N–H and O–H groups in total. The van der Waals surface area contributed by atoms with Gasteiger partial charge in [0.15, 0.2) is 0 Å². The van der Waals surface area contributed by atoms with E-state index in [2.05, 4.69) is 17.0 Å². The van der Waals surface area contributed by atoms with Crippen LogP contribution in [0.15, 0.2) is 36.9 Å². The van der Waals surface area contributed by atoms with E-state index in [1.807, 2.05) is 0 Å². The van der Waals surface area contributed by atoms with E-state index < -0.39 is 11.6 Å². The van der Waals surface area contributed by atoms with Gasteiger partial charge in [0.25, 0.3) is 6.23 Å². The van der Waals surface area contributed by atoms with Crippen molar-refractivity contribution in [2.45, 2.75) is 91.2 Å². The number of ketones is 1. The minimum absolute atomic E-state index is 0.0305. The topological polar surface area (TPSA) is 83.3 Å². The van der Waals surface area contributed by atoms with E-state index in [-0.39, 0.29) is 18.4 Å².